The molecule has 0 saturated carbocycles. The highest BCUT2D eigenvalue weighted by molar-refractivity contribution is 6.28. The lowest BCUT2D eigenvalue weighted by Gasteiger charge is -2.12. The van der Waals surface area contributed by atoms with Crippen molar-refractivity contribution in [3.05, 3.63) is 58.0 Å². The summed E-state index contributed by atoms with van der Waals surface area (Å²) in [7, 11) is 0. The maximum atomic E-state index is 10.2. The fourth-order valence-electron chi connectivity index (χ4n) is 1.68. The lowest BCUT2D eigenvalue weighted by molar-refractivity contribution is 0.189. The number of benzene rings is 1. The number of aliphatic hydroxyl groups excluding tert-OH is 1. The van der Waals surface area contributed by atoms with Gasteiger partial charge in [0.1, 0.15) is 11.9 Å². The first-order valence-electron chi connectivity index (χ1n) is 5.08. The summed E-state index contributed by atoms with van der Waals surface area (Å²) in [5.74, 6) is 0.471. The van der Waals surface area contributed by atoms with Gasteiger partial charge in [-0.1, -0.05) is 23.8 Å². The maximum absolute atomic E-state index is 10.2. The molecule has 0 fully saturated rings. The lowest BCUT2D eigenvalue weighted by Crippen LogP contribution is -2.01. The summed E-state index contributed by atoms with van der Waals surface area (Å²) in [6.45, 7) is 3.95. The summed E-state index contributed by atoms with van der Waals surface area (Å²) in [4.78, 5) is 0. The minimum Gasteiger partial charge on any atom is -0.447 e. The predicted molar refractivity (Wildman–Crippen MR) is 63.7 cm³/mol. The van der Waals surface area contributed by atoms with Gasteiger partial charge in [0.2, 0.25) is 0 Å². The Morgan fingerprint density at radius 3 is 2.56 bits per heavy atom. The second-order valence-electron chi connectivity index (χ2n) is 3.90. The quantitative estimate of drug-likeness (QED) is 0.864. The van der Waals surface area contributed by atoms with Crippen LogP contribution in [-0.4, -0.2) is 5.11 Å². The van der Waals surface area contributed by atoms with Crippen molar-refractivity contribution < 1.29 is 9.52 Å². The van der Waals surface area contributed by atoms with Crippen molar-refractivity contribution in [3.63, 3.8) is 0 Å². The van der Waals surface area contributed by atoms with Gasteiger partial charge in [-0.15, -0.1) is 0 Å². The molecule has 84 valence electrons. The number of aryl methyl sites for hydroxylation is 2. The molecule has 2 rings (SSSR count). The van der Waals surface area contributed by atoms with Crippen LogP contribution in [0.1, 0.15) is 28.6 Å². The summed E-state index contributed by atoms with van der Waals surface area (Å²) in [5.41, 5.74) is 2.99. The van der Waals surface area contributed by atoms with E-state index in [1.54, 1.807) is 12.1 Å². The van der Waals surface area contributed by atoms with E-state index < -0.39 is 6.10 Å². The van der Waals surface area contributed by atoms with E-state index in [1.165, 1.54) is 0 Å². The Morgan fingerprint density at radius 1 is 1.19 bits per heavy atom. The van der Waals surface area contributed by atoms with Gasteiger partial charge in [-0.3, -0.25) is 0 Å². The molecular weight excluding hydrogens is 224 g/mol. The third-order valence-electron chi connectivity index (χ3n) is 2.59. The molecule has 0 aliphatic carbocycles. The molecule has 1 aromatic heterocycles. The van der Waals surface area contributed by atoms with E-state index >= 15 is 0 Å². The van der Waals surface area contributed by atoms with E-state index in [1.807, 2.05) is 32.0 Å². The van der Waals surface area contributed by atoms with Crippen molar-refractivity contribution in [2.75, 3.05) is 0 Å². The summed E-state index contributed by atoms with van der Waals surface area (Å²) in [6, 6.07) is 9.27. The Bertz CT molecular complexity index is 502. The van der Waals surface area contributed by atoms with E-state index in [-0.39, 0.29) is 0 Å². The van der Waals surface area contributed by atoms with Gasteiger partial charge in [-0.2, -0.15) is 0 Å². The first-order valence-corrected chi connectivity index (χ1v) is 5.46. The van der Waals surface area contributed by atoms with Crippen LogP contribution in [0.25, 0.3) is 0 Å². The highest BCUT2D eigenvalue weighted by Crippen LogP contribution is 2.28. The van der Waals surface area contributed by atoms with Crippen LogP contribution in [0.5, 0.6) is 0 Å². The van der Waals surface area contributed by atoms with Crippen molar-refractivity contribution in [1.82, 2.24) is 0 Å². The predicted octanol–water partition coefficient (Wildman–Crippen LogP) is 3.63. The lowest BCUT2D eigenvalue weighted by atomic mass is 9.99. The normalized spacial score (nSPS) is 12.8. The zero-order valence-corrected chi connectivity index (χ0v) is 9.95. The molecular formula is C13H13ClO2. The number of furan rings is 1. The third-order valence-corrected chi connectivity index (χ3v) is 2.80. The van der Waals surface area contributed by atoms with Crippen LogP contribution in [0.4, 0.5) is 0 Å². The third kappa shape index (κ3) is 2.13. The van der Waals surface area contributed by atoms with Crippen molar-refractivity contribution >= 4 is 11.6 Å². The second-order valence-corrected chi connectivity index (χ2v) is 4.28. The average Bonchev–Trinajstić information content (AvgIpc) is 2.67. The number of halogens is 1. The summed E-state index contributed by atoms with van der Waals surface area (Å²) in [6.07, 6.45) is -0.757. The molecule has 0 amide bonds. The van der Waals surface area contributed by atoms with Gasteiger partial charge in [-0.05, 0) is 48.7 Å². The molecule has 0 bridgehead atoms. The van der Waals surface area contributed by atoms with Gasteiger partial charge < -0.3 is 9.52 Å². The van der Waals surface area contributed by atoms with Crippen LogP contribution in [0.15, 0.2) is 34.7 Å². The van der Waals surface area contributed by atoms with Crippen LogP contribution in [0.3, 0.4) is 0 Å². The second kappa shape index (κ2) is 4.32. The van der Waals surface area contributed by atoms with Crippen LogP contribution in [-0.2, 0) is 0 Å². The Morgan fingerprint density at radius 2 is 1.94 bits per heavy atom. The van der Waals surface area contributed by atoms with Crippen molar-refractivity contribution in [3.8, 4) is 0 Å². The largest absolute Gasteiger partial charge is 0.447 e. The maximum Gasteiger partial charge on any atom is 0.193 e. The van der Waals surface area contributed by atoms with Crippen LogP contribution < -0.4 is 0 Å². The molecule has 0 spiro atoms. The molecule has 1 atom stereocenters. The minimum atomic E-state index is -0.757. The van der Waals surface area contributed by atoms with E-state index in [4.69, 9.17) is 16.0 Å². The Hall–Kier alpha value is -1.25. The van der Waals surface area contributed by atoms with Crippen LogP contribution >= 0.6 is 11.6 Å². The molecule has 3 heteroatoms. The first-order chi connectivity index (χ1) is 7.58. The molecule has 2 nitrogen and oxygen atoms in total. The van der Waals surface area contributed by atoms with Crippen molar-refractivity contribution in [1.29, 1.82) is 0 Å². The zero-order valence-electron chi connectivity index (χ0n) is 9.20. The summed E-state index contributed by atoms with van der Waals surface area (Å²) in [5, 5.41) is 10.4. The summed E-state index contributed by atoms with van der Waals surface area (Å²) >= 11 is 5.69. The smallest absolute Gasteiger partial charge is 0.193 e. The highest BCUT2D eigenvalue weighted by atomic mass is 35.5. The van der Waals surface area contributed by atoms with Gasteiger partial charge in [0, 0.05) is 0 Å². The molecule has 2 aromatic rings. The number of aliphatic hydroxyl groups is 1. The van der Waals surface area contributed by atoms with Gasteiger partial charge in [0.15, 0.2) is 5.22 Å². The number of hydrogen-bond acceptors (Lipinski definition) is 2. The SMILES string of the molecule is Cc1ccc(C)c(C(O)c2ccc(Cl)o2)c1. The molecule has 0 aliphatic heterocycles. The van der Waals surface area contributed by atoms with E-state index in [0.717, 1.165) is 16.7 Å². The van der Waals surface area contributed by atoms with Gasteiger partial charge in [0.05, 0.1) is 0 Å². The van der Waals surface area contributed by atoms with E-state index in [0.29, 0.717) is 11.0 Å². The highest BCUT2D eigenvalue weighted by Gasteiger charge is 2.16. The minimum absolute atomic E-state index is 0.291. The summed E-state index contributed by atoms with van der Waals surface area (Å²) < 4.78 is 5.21. The first kappa shape index (κ1) is 11.2. The molecule has 1 heterocycles. The molecule has 16 heavy (non-hydrogen) atoms. The molecule has 1 unspecified atom stereocenters. The topological polar surface area (TPSA) is 33.4 Å². The zero-order chi connectivity index (χ0) is 11.7. The van der Waals surface area contributed by atoms with Gasteiger partial charge in [0.25, 0.3) is 0 Å². The molecule has 0 saturated heterocycles. The molecule has 0 radical (unpaired) electrons. The van der Waals surface area contributed by atoms with Crippen LogP contribution in [0, 0.1) is 13.8 Å². The van der Waals surface area contributed by atoms with Crippen LogP contribution in [0.2, 0.25) is 5.22 Å². The van der Waals surface area contributed by atoms with Gasteiger partial charge >= 0.3 is 0 Å². The van der Waals surface area contributed by atoms with E-state index in [9.17, 15) is 5.11 Å². The Labute approximate surface area is 99.5 Å². The van der Waals surface area contributed by atoms with Crippen molar-refractivity contribution in [2.24, 2.45) is 0 Å². The van der Waals surface area contributed by atoms with E-state index in [2.05, 4.69) is 0 Å². The number of hydrogen-bond donors (Lipinski definition) is 1. The Kier molecular flexibility index (Phi) is 3.03. The molecule has 1 aromatic carbocycles. The fraction of sp³-hybridized carbons (Fsp3) is 0.231. The number of rotatable bonds is 2. The monoisotopic (exact) mass is 236 g/mol. The van der Waals surface area contributed by atoms with Gasteiger partial charge in [-0.25, -0.2) is 0 Å². The standard InChI is InChI=1S/C13H13ClO2/c1-8-3-4-9(2)10(7-8)13(15)11-5-6-12(14)16-11/h3-7,13,15H,1-2H3. The van der Waals surface area contributed by atoms with Crippen molar-refractivity contribution in [2.45, 2.75) is 20.0 Å². The average molecular weight is 237 g/mol. The molecule has 0 aliphatic rings. The Balaban J connectivity index is 2.40. The fourth-order valence-corrected chi connectivity index (χ4v) is 1.84. The molecule has 1 N–H and O–H groups in total.